The summed E-state index contributed by atoms with van der Waals surface area (Å²) in [5, 5.41) is 0. The monoisotopic (exact) mass is 481 g/mol. The van der Waals surface area contributed by atoms with Gasteiger partial charge in [0, 0.05) is 13.2 Å². The van der Waals surface area contributed by atoms with Crippen molar-refractivity contribution in [2.24, 2.45) is 0 Å². The minimum Gasteiger partial charge on any atom is -0.373 e. The summed E-state index contributed by atoms with van der Waals surface area (Å²) < 4.78 is 31.0. The van der Waals surface area contributed by atoms with E-state index in [0.717, 1.165) is 11.1 Å². The van der Waals surface area contributed by atoms with E-state index in [1.165, 1.54) is 0 Å². The number of ether oxygens (including phenoxy) is 2. The van der Waals surface area contributed by atoms with Crippen LogP contribution in [0.5, 0.6) is 0 Å². The van der Waals surface area contributed by atoms with Gasteiger partial charge in [0.25, 0.3) is 0 Å². The molecule has 6 heteroatoms. The summed E-state index contributed by atoms with van der Waals surface area (Å²) in [7, 11) is -1.93. The van der Waals surface area contributed by atoms with Gasteiger partial charge in [-0.3, -0.25) is 0 Å². The molecule has 2 unspecified atom stereocenters. The van der Waals surface area contributed by atoms with Gasteiger partial charge in [-0.15, -0.1) is 13.2 Å². The molecule has 0 bridgehead atoms. The van der Waals surface area contributed by atoms with Crippen LogP contribution in [0.4, 0.5) is 0 Å². The molecule has 2 aromatic rings. The van der Waals surface area contributed by atoms with Crippen LogP contribution in [-0.2, 0) is 14.0 Å². The van der Waals surface area contributed by atoms with Gasteiger partial charge >= 0.3 is 8.10 Å². The van der Waals surface area contributed by atoms with Gasteiger partial charge in [0.05, 0.1) is 24.3 Å². The highest BCUT2D eigenvalue weighted by Crippen LogP contribution is 2.56. The Morgan fingerprint density at radius 3 is 1.44 bits per heavy atom. The Hall–Kier alpha value is -2.14. The first kappa shape index (κ1) is 26.5. The van der Waals surface area contributed by atoms with E-state index in [-0.39, 0.29) is 36.4 Å². The van der Waals surface area contributed by atoms with E-state index in [4.69, 9.17) is 9.47 Å². The fourth-order valence-corrected chi connectivity index (χ4v) is 7.02. The van der Waals surface area contributed by atoms with Crippen LogP contribution in [0.1, 0.15) is 50.9 Å². The zero-order valence-electron chi connectivity index (χ0n) is 20.8. The molecule has 3 rings (SSSR count). The van der Waals surface area contributed by atoms with Crippen LogP contribution in [0.15, 0.2) is 86.0 Å². The SMILES string of the molecule is C=CC(OCC)[C@@H]1[C@@H]([C@H](C=C)OCC)N([C@@H](C)c2ccccc2)[P+](=O)N1[C@@H](C)c1ccccc1. The molecule has 7 atom stereocenters. The largest absolute Gasteiger partial charge is 0.539 e. The minimum atomic E-state index is -1.93. The average molecular weight is 482 g/mol. The maximum absolute atomic E-state index is 14.4. The molecule has 0 aromatic heterocycles. The van der Waals surface area contributed by atoms with E-state index in [2.05, 4.69) is 60.6 Å². The molecule has 182 valence electrons. The average Bonchev–Trinajstić information content (AvgIpc) is 3.18. The molecule has 34 heavy (non-hydrogen) atoms. The lowest BCUT2D eigenvalue weighted by molar-refractivity contribution is -0.0203. The van der Waals surface area contributed by atoms with Crippen molar-refractivity contribution in [2.75, 3.05) is 13.2 Å². The van der Waals surface area contributed by atoms with Crippen molar-refractivity contribution in [2.45, 2.75) is 64.1 Å². The Balaban J connectivity index is 2.17. The van der Waals surface area contributed by atoms with Crippen LogP contribution in [0.2, 0.25) is 0 Å². The van der Waals surface area contributed by atoms with Gasteiger partial charge in [-0.2, -0.15) is 0 Å². The lowest BCUT2D eigenvalue weighted by Gasteiger charge is -2.34. The lowest BCUT2D eigenvalue weighted by Crippen LogP contribution is -2.52. The first-order valence-corrected chi connectivity index (χ1v) is 13.3. The molecular formula is C28H38N2O3P+. The molecule has 0 N–H and O–H groups in total. The summed E-state index contributed by atoms with van der Waals surface area (Å²) in [5.41, 5.74) is 2.21. The molecule has 0 amide bonds. The molecule has 1 fully saturated rings. The number of rotatable bonds is 12. The Morgan fingerprint density at radius 2 is 1.15 bits per heavy atom. The van der Waals surface area contributed by atoms with E-state index in [9.17, 15) is 4.57 Å². The molecule has 1 aliphatic heterocycles. The van der Waals surface area contributed by atoms with Gasteiger partial charge in [0.15, 0.2) is 0 Å². The van der Waals surface area contributed by atoms with Gasteiger partial charge < -0.3 is 9.47 Å². The molecule has 1 aliphatic rings. The number of hydrogen-bond acceptors (Lipinski definition) is 3. The smallest absolute Gasteiger partial charge is 0.373 e. The van der Waals surface area contributed by atoms with Gasteiger partial charge in [0.2, 0.25) is 0 Å². The maximum Gasteiger partial charge on any atom is 0.539 e. The quantitative estimate of drug-likeness (QED) is 0.249. The number of nitrogens with zero attached hydrogens (tertiary/aromatic N) is 2. The summed E-state index contributed by atoms with van der Waals surface area (Å²) in [5.74, 6) is 0. The molecular weight excluding hydrogens is 443 g/mol. The van der Waals surface area contributed by atoms with E-state index >= 15 is 0 Å². The molecule has 1 saturated heterocycles. The Morgan fingerprint density at radius 1 is 0.794 bits per heavy atom. The Bertz CT molecular complexity index is 864. The minimum absolute atomic E-state index is 0.0970. The Kier molecular flexibility index (Phi) is 9.75. The summed E-state index contributed by atoms with van der Waals surface area (Å²) >= 11 is 0. The maximum atomic E-state index is 14.4. The molecule has 0 saturated carbocycles. The van der Waals surface area contributed by atoms with Crippen LogP contribution >= 0.6 is 8.10 Å². The van der Waals surface area contributed by atoms with Crippen LogP contribution < -0.4 is 0 Å². The zero-order chi connectivity index (χ0) is 24.7. The second-order valence-electron chi connectivity index (χ2n) is 8.48. The van der Waals surface area contributed by atoms with Crippen molar-refractivity contribution in [1.82, 2.24) is 9.34 Å². The topological polar surface area (TPSA) is 42.0 Å². The van der Waals surface area contributed by atoms with Crippen LogP contribution in [0.25, 0.3) is 0 Å². The van der Waals surface area contributed by atoms with Gasteiger partial charge in [-0.1, -0.05) is 82.2 Å². The predicted octanol–water partition coefficient (Wildman–Crippen LogP) is 6.70. The second kappa shape index (κ2) is 12.5. The highest BCUT2D eigenvalue weighted by atomic mass is 31.1. The molecule has 0 spiro atoms. The number of hydrogen-bond donors (Lipinski definition) is 0. The van der Waals surface area contributed by atoms with Crippen molar-refractivity contribution >= 4 is 8.10 Å². The summed E-state index contributed by atoms with van der Waals surface area (Å²) in [6, 6.07) is 19.7. The van der Waals surface area contributed by atoms with Gasteiger partial charge in [-0.25, -0.2) is 0 Å². The van der Waals surface area contributed by atoms with E-state index < -0.39 is 8.10 Å². The van der Waals surface area contributed by atoms with Gasteiger partial charge in [-0.05, 0) is 43.4 Å². The molecule has 0 aliphatic carbocycles. The third kappa shape index (κ3) is 5.40. The standard InChI is InChI=1S/C28H38N2O3P/c1-7-25(32-9-3)27-28(26(8-2)33-10-4)30(22(6)24-19-15-12-16-20-24)34(31)29(27)21(5)23-17-13-11-14-18-23/h7-8,11-22,25-28H,1-2,9-10H2,3-6H3/q+1/t21-,22-,25-,26?,27+,28+/m0/s1. The molecule has 1 heterocycles. The van der Waals surface area contributed by atoms with Crippen molar-refractivity contribution in [3.8, 4) is 0 Å². The van der Waals surface area contributed by atoms with Gasteiger partial charge in [0.1, 0.15) is 12.1 Å². The summed E-state index contributed by atoms with van der Waals surface area (Å²) in [4.78, 5) is 0. The third-order valence-electron chi connectivity index (χ3n) is 6.57. The fraction of sp³-hybridized carbons (Fsp3) is 0.429. The highest BCUT2D eigenvalue weighted by molar-refractivity contribution is 7.39. The van der Waals surface area contributed by atoms with Crippen LogP contribution in [-0.4, -0.2) is 46.8 Å². The molecule has 2 aromatic carbocycles. The van der Waals surface area contributed by atoms with E-state index in [0.29, 0.717) is 13.2 Å². The van der Waals surface area contributed by atoms with Crippen molar-refractivity contribution in [1.29, 1.82) is 0 Å². The van der Waals surface area contributed by atoms with E-state index in [1.54, 1.807) is 0 Å². The summed E-state index contributed by atoms with van der Waals surface area (Å²) in [6.07, 6.45) is 3.02. The van der Waals surface area contributed by atoms with Crippen molar-refractivity contribution < 1.29 is 14.0 Å². The van der Waals surface area contributed by atoms with Crippen molar-refractivity contribution in [3.05, 3.63) is 97.1 Å². The third-order valence-corrected chi connectivity index (χ3v) is 8.59. The number of benzene rings is 2. The Labute approximate surface area is 206 Å². The first-order valence-electron chi connectivity index (χ1n) is 12.1. The van der Waals surface area contributed by atoms with Crippen LogP contribution in [0.3, 0.4) is 0 Å². The van der Waals surface area contributed by atoms with Crippen LogP contribution in [0, 0.1) is 0 Å². The first-order chi connectivity index (χ1) is 16.5. The zero-order valence-corrected chi connectivity index (χ0v) is 21.7. The molecule has 5 nitrogen and oxygen atoms in total. The van der Waals surface area contributed by atoms with E-state index in [1.807, 2.05) is 62.4 Å². The predicted molar refractivity (Wildman–Crippen MR) is 140 cm³/mol. The highest BCUT2D eigenvalue weighted by Gasteiger charge is 2.64. The fourth-order valence-electron chi connectivity index (χ4n) is 4.93. The van der Waals surface area contributed by atoms with Crippen molar-refractivity contribution in [3.63, 3.8) is 0 Å². The normalized spacial score (nSPS) is 23.8. The molecule has 0 radical (unpaired) electrons. The lowest BCUT2D eigenvalue weighted by atomic mass is 9.93. The second-order valence-corrected chi connectivity index (χ2v) is 9.91. The summed E-state index contributed by atoms with van der Waals surface area (Å²) in [6.45, 7) is 17.4.